The molecule has 6 N–H and O–H groups in total. The van der Waals surface area contributed by atoms with E-state index in [-0.39, 0.29) is 43.5 Å². The number of benzene rings is 2. The van der Waals surface area contributed by atoms with Crippen LogP contribution in [0.1, 0.15) is 38.5 Å². The third-order valence-electron chi connectivity index (χ3n) is 7.03. The molecule has 2 aromatic rings. The highest BCUT2D eigenvalue weighted by atomic mass is 19.2. The molecule has 0 bridgehead atoms. The lowest BCUT2D eigenvalue weighted by Crippen LogP contribution is -2.29. The second-order valence-electron chi connectivity index (χ2n) is 10.9. The van der Waals surface area contributed by atoms with Crippen LogP contribution in [-0.4, -0.2) is 94.1 Å². The number of rotatable bonds is 24. The molecule has 3 rings (SSSR count). The number of nitrogens with one attached hydrogen (secondary N) is 2. The Morgan fingerprint density at radius 1 is 0.784 bits per heavy atom. The van der Waals surface area contributed by atoms with Crippen molar-refractivity contribution < 1.29 is 60.6 Å². The Kier molecular flexibility index (Phi) is 17.9. The van der Waals surface area contributed by atoms with E-state index in [0.29, 0.717) is 89.6 Å². The molecule has 1 fully saturated rings. The molecular formula is C33H42F5N5O8. The fourth-order valence-electron chi connectivity index (χ4n) is 4.22. The van der Waals surface area contributed by atoms with E-state index in [0.717, 1.165) is 5.57 Å². The van der Waals surface area contributed by atoms with Crippen molar-refractivity contribution in [2.24, 2.45) is 15.9 Å². The van der Waals surface area contributed by atoms with Crippen molar-refractivity contribution in [3.63, 3.8) is 0 Å². The number of urea groups is 1. The molecule has 1 aliphatic rings. The van der Waals surface area contributed by atoms with Crippen LogP contribution in [0.4, 0.5) is 32.4 Å². The predicted molar refractivity (Wildman–Crippen MR) is 177 cm³/mol. The number of nitrogens with two attached hydrogens (primary N) is 1. The number of aliphatic imine (C=N–C) groups is 1. The van der Waals surface area contributed by atoms with Gasteiger partial charge in [0.2, 0.25) is 34.8 Å². The molecule has 0 aromatic heterocycles. The number of phenolic OH excluding ortho intramolecular Hbond substituents is 2. The fourth-order valence-corrected chi connectivity index (χ4v) is 4.22. The van der Waals surface area contributed by atoms with Gasteiger partial charge in [0, 0.05) is 30.9 Å². The molecular weight excluding hydrogens is 689 g/mol. The lowest BCUT2D eigenvalue weighted by molar-refractivity contribution is -0.00111. The number of ether oxygens (including phenoxy) is 5. The van der Waals surface area contributed by atoms with Crippen molar-refractivity contribution in [3.05, 3.63) is 58.6 Å². The SMILES string of the molecule is N/N=C(\C=NCCOCCOCCOCCOCCC(Oc1c(F)c(F)c(F)c(F)c1F)=C1CC1)CCCCNC(=O)Nc1ccc(O)c(O)c1. The van der Waals surface area contributed by atoms with Gasteiger partial charge in [-0.05, 0) is 49.8 Å². The Bertz CT molecular complexity index is 1490. The quantitative estimate of drug-likeness (QED) is 0.00944. The summed E-state index contributed by atoms with van der Waals surface area (Å²) in [5, 5.41) is 27.8. The maximum atomic E-state index is 14.0. The van der Waals surface area contributed by atoms with Crippen LogP contribution in [-0.2, 0) is 18.9 Å². The molecule has 0 saturated heterocycles. The van der Waals surface area contributed by atoms with E-state index >= 15 is 0 Å². The summed E-state index contributed by atoms with van der Waals surface area (Å²) in [5.41, 5.74) is 1.67. The molecule has 0 atom stereocenters. The molecule has 282 valence electrons. The van der Waals surface area contributed by atoms with Gasteiger partial charge in [-0.3, -0.25) is 4.99 Å². The minimum Gasteiger partial charge on any atom is -0.504 e. The molecule has 0 heterocycles. The average Bonchev–Trinajstić information content (AvgIpc) is 3.97. The number of anilines is 1. The molecule has 0 unspecified atom stereocenters. The molecule has 1 saturated carbocycles. The number of hydrogen-bond donors (Lipinski definition) is 5. The molecule has 0 aliphatic heterocycles. The predicted octanol–water partition coefficient (Wildman–Crippen LogP) is 5.05. The van der Waals surface area contributed by atoms with E-state index < -0.39 is 40.9 Å². The first-order valence-corrected chi connectivity index (χ1v) is 16.2. The number of carbonyl (C=O) groups excluding carboxylic acids is 1. The number of amides is 2. The summed E-state index contributed by atoms with van der Waals surface area (Å²) in [6.45, 7) is 3.07. The molecule has 2 aromatic carbocycles. The van der Waals surface area contributed by atoms with E-state index in [4.69, 9.17) is 29.5 Å². The zero-order valence-corrected chi connectivity index (χ0v) is 27.8. The first kappa shape index (κ1) is 40.9. The Labute approximate surface area is 291 Å². The van der Waals surface area contributed by atoms with Crippen LogP contribution in [0.25, 0.3) is 0 Å². The zero-order valence-electron chi connectivity index (χ0n) is 27.8. The number of nitrogens with zero attached hydrogens (tertiary/aromatic N) is 2. The van der Waals surface area contributed by atoms with Gasteiger partial charge >= 0.3 is 6.03 Å². The smallest absolute Gasteiger partial charge is 0.319 e. The van der Waals surface area contributed by atoms with Gasteiger partial charge in [0.25, 0.3) is 0 Å². The van der Waals surface area contributed by atoms with Gasteiger partial charge in [-0.25, -0.2) is 18.0 Å². The van der Waals surface area contributed by atoms with Crippen molar-refractivity contribution in [2.45, 2.75) is 38.5 Å². The number of unbranched alkanes of at least 4 members (excludes halogenated alkanes) is 1. The van der Waals surface area contributed by atoms with E-state index in [1.807, 2.05) is 0 Å². The molecule has 1 aliphatic carbocycles. The fraction of sp³-hybridized carbons (Fsp3) is 0.485. The largest absolute Gasteiger partial charge is 0.504 e. The molecule has 18 heteroatoms. The van der Waals surface area contributed by atoms with E-state index in [9.17, 15) is 37.0 Å². The number of allylic oxidation sites excluding steroid dienone is 1. The highest BCUT2D eigenvalue weighted by Crippen LogP contribution is 2.37. The number of phenols is 2. The van der Waals surface area contributed by atoms with Crippen molar-refractivity contribution in [1.29, 1.82) is 0 Å². The maximum Gasteiger partial charge on any atom is 0.319 e. The minimum atomic E-state index is -2.24. The molecule has 13 nitrogen and oxygen atoms in total. The van der Waals surface area contributed by atoms with Crippen molar-refractivity contribution in [2.75, 3.05) is 71.3 Å². The number of hydrogen-bond acceptors (Lipinski definition) is 11. The highest BCUT2D eigenvalue weighted by molar-refractivity contribution is 6.30. The average molecular weight is 732 g/mol. The second-order valence-corrected chi connectivity index (χ2v) is 10.9. The normalized spacial score (nSPS) is 12.8. The molecule has 0 radical (unpaired) electrons. The summed E-state index contributed by atoms with van der Waals surface area (Å²) in [5.74, 6) is -6.82. The van der Waals surface area contributed by atoms with Gasteiger partial charge in [0.1, 0.15) is 5.76 Å². The Balaban J connectivity index is 1.12. The van der Waals surface area contributed by atoms with Crippen LogP contribution >= 0.6 is 0 Å². The van der Waals surface area contributed by atoms with Crippen molar-refractivity contribution in [3.8, 4) is 17.2 Å². The van der Waals surface area contributed by atoms with Gasteiger partial charge in [-0.2, -0.15) is 13.9 Å². The first-order valence-electron chi connectivity index (χ1n) is 16.2. The number of halogens is 5. The monoisotopic (exact) mass is 731 g/mol. The van der Waals surface area contributed by atoms with E-state index in [1.54, 1.807) is 6.21 Å². The summed E-state index contributed by atoms with van der Waals surface area (Å²) in [4.78, 5) is 16.2. The summed E-state index contributed by atoms with van der Waals surface area (Å²) >= 11 is 0. The first-order chi connectivity index (χ1) is 24.6. The van der Waals surface area contributed by atoms with Crippen LogP contribution in [0.5, 0.6) is 17.2 Å². The van der Waals surface area contributed by atoms with Gasteiger partial charge in [0.05, 0.1) is 65.1 Å². The van der Waals surface area contributed by atoms with Crippen molar-refractivity contribution in [1.82, 2.24) is 5.32 Å². The van der Waals surface area contributed by atoms with Crippen molar-refractivity contribution >= 4 is 23.6 Å². The van der Waals surface area contributed by atoms with E-state index in [2.05, 4.69) is 20.7 Å². The van der Waals surface area contributed by atoms with Crippen LogP contribution in [0, 0.1) is 29.1 Å². The van der Waals surface area contributed by atoms with Gasteiger partial charge in [-0.15, -0.1) is 0 Å². The standard InChI is InChI=1S/C33H42F5N5O8/c34-27-28(35)30(37)32(31(38)29(27)36)51-26(21-4-5-21)8-11-47-13-15-49-17-18-50-16-14-48-12-10-40-20-23(43-39)3-1-2-9-41-33(46)42-22-6-7-24(44)25(45)19-22/h6-7,19-20,44-45H,1-5,8-18,39H2,(H2,41,42,46)/b40-20?,43-23-. The second kappa shape index (κ2) is 22.3. The lowest BCUT2D eigenvalue weighted by atomic mass is 10.2. The number of carbonyl (C=O) groups is 1. The lowest BCUT2D eigenvalue weighted by Gasteiger charge is -2.13. The summed E-state index contributed by atoms with van der Waals surface area (Å²) in [6.07, 6.45) is 4.82. The third-order valence-corrected chi connectivity index (χ3v) is 7.03. The highest BCUT2D eigenvalue weighted by Gasteiger charge is 2.29. The third kappa shape index (κ3) is 14.7. The zero-order chi connectivity index (χ0) is 37.0. The number of hydrazone groups is 1. The number of aromatic hydroxyl groups is 2. The van der Waals surface area contributed by atoms with Crippen LogP contribution in [0.15, 0.2) is 39.6 Å². The van der Waals surface area contributed by atoms with Crippen LogP contribution in [0.2, 0.25) is 0 Å². The van der Waals surface area contributed by atoms with Gasteiger partial charge in [-0.1, -0.05) is 0 Å². The molecule has 51 heavy (non-hydrogen) atoms. The Hall–Kier alpha value is -4.52. The van der Waals surface area contributed by atoms with Crippen LogP contribution in [0.3, 0.4) is 0 Å². The maximum absolute atomic E-state index is 14.0. The summed E-state index contributed by atoms with van der Waals surface area (Å²) in [7, 11) is 0. The Morgan fingerprint density at radius 3 is 1.96 bits per heavy atom. The minimum absolute atomic E-state index is 0.0885. The molecule has 0 spiro atoms. The topological polar surface area (TPSA) is 178 Å². The Morgan fingerprint density at radius 2 is 1.37 bits per heavy atom. The molecule has 2 amide bonds. The van der Waals surface area contributed by atoms with Gasteiger partial charge < -0.3 is 50.4 Å². The summed E-state index contributed by atoms with van der Waals surface area (Å²) < 4.78 is 95.0. The van der Waals surface area contributed by atoms with E-state index in [1.165, 1.54) is 18.2 Å². The van der Waals surface area contributed by atoms with Crippen LogP contribution < -0.4 is 21.2 Å². The summed E-state index contributed by atoms with van der Waals surface area (Å²) in [6, 6.07) is 3.53. The van der Waals surface area contributed by atoms with Gasteiger partial charge in [0.15, 0.2) is 11.5 Å².